The van der Waals surface area contributed by atoms with Gasteiger partial charge in [-0.3, -0.25) is 9.78 Å². The van der Waals surface area contributed by atoms with Crippen molar-refractivity contribution in [2.45, 2.75) is 20.8 Å². The number of amides is 1. The van der Waals surface area contributed by atoms with E-state index in [0.717, 1.165) is 5.56 Å². The molecule has 4 heteroatoms. The Bertz CT molecular complexity index is 283. The van der Waals surface area contributed by atoms with E-state index in [2.05, 4.69) is 10.3 Å². The van der Waals surface area contributed by atoms with Crippen LogP contribution in [0.5, 0.6) is 0 Å². The lowest BCUT2D eigenvalue weighted by Crippen LogP contribution is -2.27. The molecule has 0 atom stereocenters. The standard InChI is InChI=1S/C9H12N2O2.C2H6/c1-7-2-3-8(11-6-7)9(13)10-4-5-12;1-2/h2-3,6,12H,4-5H2,1H3,(H,10,13);1-2H3. The minimum atomic E-state index is -0.256. The molecule has 15 heavy (non-hydrogen) atoms. The predicted octanol–water partition coefficient (Wildman–Crippen LogP) is 1.14. The summed E-state index contributed by atoms with van der Waals surface area (Å²) in [5.41, 5.74) is 1.39. The van der Waals surface area contributed by atoms with E-state index < -0.39 is 0 Å². The summed E-state index contributed by atoms with van der Waals surface area (Å²) in [5, 5.41) is 11.0. The predicted molar refractivity (Wildman–Crippen MR) is 59.7 cm³/mol. The van der Waals surface area contributed by atoms with E-state index in [1.807, 2.05) is 26.8 Å². The van der Waals surface area contributed by atoms with Gasteiger partial charge in [0.15, 0.2) is 0 Å². The number of aryl methyl sites for hydroxylation is 1. The van der Waals surface area contributed by atoms with Crippen molar-refractivity contribution in [2.24, 2.45) is 0 Å². The number of carbonyl (C=O) groups is 1. The quantitative estimate of drug-likeness (QED) is 0.786. The van der Waals surface area contributed by atoms with Crippen LogP contribution in [-0.4, -0.2) is 29.1 Å². The number of hydrogen-bond donors (Lipinski definition) is 2. The highest BCUT2D eigenvalue weighted by Gasteiger charge is 2.04. The van der Waals surface area contributed by atoms with Crippen LogP contribution in [0.1, 0.15) is 29.9 Å². The highest BCUT2D eigenvalue weighted by molar-refractivity contribution is 5.92. The molecule has 0 fully saturated rings. The lowest BCUT2D eigenvalue weighted by atomic mass is 10.2. The first-order valence-electron chi connectivity index (χ1n) is 5.06. The summed E-state index contributed by atoms with van der Waals surface area (Å²) < 4.78 is 0. The molecule has 0 radical (unpaired) electrons. The third-order valence-electron chi connectivity index (χ3n) is 1.54. The summed E-state index contributed by atoms with van der Waals surface area (Å²) in [6.45, 7) is 6.11. The fourth-order valence-corrected chi connectivity index (χ4v) is 0.862. The van der Waals surface area contributed by atoms with Crippen molar-refractivity contribution in [2.75, 3.05) is 13.2 Å². The SMILES string of the molecule is CC.Cc1ccc(C(=O)NCCO)nc1. The summed E-state index contributed by atoms with van der Waals surface area (Å²) in [6.07, 6.45) is 1.63. The number of nitrogens with zero attached hydrogens (tertiary/aromatic N) is 1. The molecule has 4 nitrogen and oxygen atoms in total. The molecule has 1 heterocycles. The first-order valence-corrected chi connectivity index (χ1v) is 5.06. The van der Waals surface area contributed by atoms with E-state index in [1.165, 1.54) is 0 Å². The van der Waals surface area contributed by atoms with Gasteiger partial charge in [0.1, 0.15) is 5.69 Å². The maximum absolute atomic E-state index is 11.2. The van der Waals surface area contributed by atoms with Crippen molar-refractivity contribution in [3.05, 3.63) is 29.6 Å². The van der Waals surface area contributed by atoms with E-state index in [-0.39, 0.29) is 19.1 Å². The molecule has 0 aliphatic carbocycles. The first kappa shape index (κ1) is 13.6. The molecular weight excluding hydrogens is 192 g/mol. The summed E-state index contributed by atoms with van der Waals surface area (Å²) >= 11 is 0. The molecule has 0 spiro atoms. The maximum atomic E-state index is 11.2. The van der Waals surface area contributed by atoms with Gasteiger partial charge in [-0.1, -0.05) is 19.9 Å². The lowest BCUT2D eigenvalue weighted by Gasteiger charge is -2.01. The molecule has 0 unspecified atom stereocenters. The van der Waals surface area contributed by atoms with Gasteiger partial charge < -0.3 is 10.4 Å². The van der Waals surface area contributed by atoms with Crippen LogP contribution in [0.25, 0.3) is 0 Å². The second kappa shape index (κ2) is 7.94. The number of aliphatic hydroxyl groups excluding tert-OH is 1. The topological polar surface area (TPSA) is 62.2 Å². The third-order valence-corrected chi connectivity index (χ3v) is 1.54. The smallest absolute Gasteiger partial charge is 0.269 e. The van der Waals surface area contributed by atoms with E-state index >= 15 is 0 Å². The van der Waals surface area contributed by atoms with Gasteiger partial charge in [0.05, 0.1) is 6.61 Å². The van der Waals surface area contributed by atoms with Gasteiger partial charge in [0.25, 0.3) is 5.91 Å². The molecule has 1 aromatic heterocycles. The fourth-order valence-electron chi connectivity index (χ4n) is 0.862. The number of hydrogen-bond acceptors (Lipinski definition) is 3. The average molecular weight is 210 g/mol. The van der Waals surface area contributed by atoms with Crippen LogP contribution in [0.15, 0.2) is 18.3 Å². The Morgan fingerprint density at radius 2 is 2.13 bits per heavy atom. The van der Waals surface area contributed by atoms with Crippen LogP contribution in [0, 0.1) is 6.92 Å². The molecular formula is C11H18N2O2. The van der Waals surface area contributed by atoms with Gasteiger partial charge in [-0.05, 0) is 18.6 Å². The number of nitrogens with one attached hydrogen (secondary N) is 1. The largest absolute Gasteiger partial charge is 0.395 e. The van der Waals surface area contributed by atoms with Gasteiger partial charge in [-0.2, -0.15) is 0 Å². The molecule has 0 aromatic carbocycles. The second-order valence-corrected chi connectivity index (χ2v) is 2.70. The van der Waals surface area contributed by atoms with E-state index in [4.69, 9.17) is 5.11 Å². The zero-order valence-electron chi connectivity index (χ0n) is 9.45. The minimum Gasteiger partial charge on any atom is -0.395 e. The Morgan fingerprint density at radius 1 is 1.47 bits per heavy atom. The van der Waals surface area contributed by atoms with Crippen LogP contribution in [-0.2, 0) is 0 Å². The van der Waals surface area contributed by atoms with Crippen LogP contribution in [0.4, 0.5) is 0 Å². The summed E-state index contributed by atoms with van der Waals surface area (Å²) in [4.78, 5) is 15.2. The average Bonchev–Trinajstić information content (AvgIpc) is 2.29. The molecule has 0 aliphatic rings. The molecule has 1 rings (SSSR count). The monoisotopic (exact) mass is 210 g/mol. The molecule has 84 valence electrons. The highest BCUT2D eigenvalue weighted by atomic mass is 16.3. The van der Waals surface area contributed by atoms with Crippen molar-refractivity contribution in [3.63, 3.8) is 0 Å². The number of pyridine rings is 1. The molecule has 2 N–H and O–H groups in total. The first-order chi connectivity index (χ1) is 7.24. The van der Waals surface area contributed by atoms with Gasteiger partial charge in [0.2, 0.25) is 0 Å². The van der Waals surface area contributed by atoms with Gasteiger partial charge in [-0.25, -0.2) is 0 Å². The number of rotatable bonds is 3. The van der Waals surface area contributed by atoms with Crippen LogP contribution < -0.4 is 5.32 Å². The summed E-state index contributed by atoms with van der Waals surface area (Å²) in [5.74, 6) is -0.256. The number of aromatic nitrogens is 1. The highest BCUT2D eigenvalue weighted by Crippen LogP contribution is 1.97. The molecule has 1 aromatic rings. The van der Waals surface area contributed by atoms with Crippen molar-refractivity contribution in [3.8, 4) is 0 Å². The Balaban J connectivity index is 0.000000921. The molecule has 1 amide bonds. The van der Waals surface area contributed by atoms with Crippen molar-refractivity contribution < 1.29 is 9.90 Å². The van der Waals surface area contributed by atoms with E-state index in [9.17, 15) is 4.79 Å². The Hall–Kier alpha value is -1.42. The minimum absolute atomic E-state index is 0.0579. The number of carbonyl (C=O) groups excluding carboxylic acids is 1. The van der Waals surface area contributed by atoms with Crippen molar-refractivity contribution in [1.29, 1.82) is 0 Å². The number of aliphatic hydroxyl groups is 1. The molecule has 0 saturated heterocycles. The van der Waals surface area contributed by atoms with Gasteiger partial charge in [-0.15, -0.1) is 0 Å². The fraction of sp³-hybridized carbons (Fsp3) is 0.455. The Labute approximate surface area is 90.4 Å². The second-order valence-electron chi connectivity index (χ2n) is 2.70. The van der Waals surface area contributed by atoms with Crippen LogP contribution in [0.3, 0.4) is 0 Å². The summed E-state index contributed by atoms with van der Waals surface area (Å²) in [6, 6.07) is 3.48. The Morgan fingerprint density at radius 3 is 2.60 bits per heavy atom. The van der Waals surface area contributed by atoms with E-state index in [1.54, 1.807) is 12.3 Å². The zero-order valence-corrected chi connectivity index (χ0v) is 9.45. The molecule has 0 aliphatic heterocycles. The lowest BCUT2D eigenvalue weighted by molar-refractivity contribution is 0.0940. The normalized spacial score (nSPS) is 8.80. The zero-order chi connectivity index (χ0) is 11.7. The Kier molecular flexibility index (Phi) is 7.18. The van der Waals surface area contributed by atoms with Crippen LogP contribution in [0.2, 0.25) is 0 Å². The van der Waals surface area contributed by atoms with Crippen LogP contribution >= 0.6 is 0 Å². The summed E-state index contributed by atoms with van der Waals surface area (Å²) in [7, 11) is 0. The molecule has 0 bridgehead atoms. The van der Waals surface area contributed by atoms with Crippen molar-refractivity contribution >= 4 is 5.91 Å². The third kappa shape index (κ3) is 5.12. The van der Waals surface area contributed by atoms with Crippen molar-refractivity contribution in [1.82, 2.24) is 10.3 Å². The van der Waals surface area contributed by atoms with Gasteiger partial charge >= 0.3 is 0 Å². The molecule has 0 saturated carbocycles. The maximum Gasteiger partial charge on any atom is 0.269 e. The van der Waals surface area contributed by atoms with E-state index in [0.29, 0.717) is 5.69 Å². The van der Waals surface area contributed by atoms with Gasteiger partial charge in [0, 0.05) is 12.7 Å².